The minimum atomic E-state index is -0.166. The molecule has 0 saturated heterocycles. The van der Waals surface area contributed by atoms with Crippen LogP contribution in [-0.2, 0) is 4.79 Å². The fourth-order valence-corrected chi connectivity index (χ4v) is 3.51. The number of hydrogen-bond acceptors (Lipinski definition) is 4. The SMILES string of the molecule is CCOc1cc2occ(C)c2cc1/C(C)=C/C(=O)Nc1ccccc1SC. The van der Waals surface area contributed by atoms with E-state index in [1.54, 1.807) is 24.1 Å². The zero-order chi connectivity index (χ0) is 19.4. The molecule has 0 bridgehead atoms. The van der Waals surface area contributed by atoms with Crippen molar-refractivity contribution < 1.29 is 13.9 Å². The number of furan rings is 1. The molecule has 140 valence electrons. The van der Waals surface area contributed by atoms with Crippen LogP contribution in [0.4, 0.5) is 5.69 Å². The number of anilines is 1. The number of para-hydroxylation sites is 1. The molecular formula is C22H23NO3S. The maximum Gasteiger partial charge on any atom is 0.248 e. The maximum absolute atomic E-state index is 12.6. The Kier molecular flexibility index (Phi) is 5.91. The molecule has 1 aromatic heterocycles. The van der Waals surface area contributed by atoms with Gasteiger partial charge in [-0.25, -0.2) is 0 Å². The summed E-state index contributed by atoms with van der Waals surface area (Å²) in [4.78, 5) is 13.6. The molecule has 1 heterocycles. The van der Waals surface area contributed by atoms with Crippen molar-refractivity contribution in [1.82, 2.24) is 0 Å². The predicted molar refractivity (Wildman–Crippen MR) is 113 cm³/mol. The van der Waals surface area contributed by atoms with Crippen molar-refractivity contribution in [3.8, 4) is 5.75 Å². The number of rotatable bonds is 6. The van der Waals surface area contributed by atoms with Crippen LogP contribution >= 0.6 is 11.8 Å². The van der Waals surface area contributed by atoms with Gasteiger partial charge in [0.25, 0.3) is 0 Å². The number of benzene rings is 2. The van der Waals surface area contributed by atoms with Crippen LogP contribution in [0.5, 0.6) is 5.75 Å². The van der Waals surface area contributed by atoms with E-state index in [2.05, 4.69) is 5.32 Å². The number of ether oxygens (including phenoxy) is 1. The fraction of sp³-hybridized carbons (Fsp3) is 0.227. The lowest BCUT2D eigenvalue weighted by molar-refractivity contribution is -0.111. The lowest BCUT2D eigenvalue weighted by atomic mass is 10.0. The van der Waals surface area contributed by atoms with Crippen molar-refractivity contribution in [3.63, 3.8) is 0 Å². The van der Waals surface area contributed by atoms with Gasteiger partial charge in [-0.2, -0.15) is 0 Å². The summed E-state index contributed by atoms with van der Waals surface area (Å²) < 4.78 is 11.4. The van der Waals surface area contributed by atoms with Crippen LogP contribution in [0.25, 0.3) is 16.5 Å². The molecule has 0 aliphatic heterocycles. The highest BCUT2D eigenvalue weighted by molar-refractivity contribution is 7.98. The minimum absolute atomic E-state index is 0.166. The molecular weight excluding hydrogens is 358 g/mol. The topological polar surface area (TPSA) is 51.5 Å². The van der Waals surface area contributed by atoms with E-state index in [4.69, 9.17) is 9.15 Å². The molecule has 0 aliphatic rings. The van der Waals surface area contributed by atoms with Gasteiger partial charge < -0.3 is 14.5 Å². The standard InChI is InChI=1S/C22H23NO3S/c1-5-25-19-12-20-17(15(3)13-26-20)11-16(19)14(2)10-22(24)23-18-8-6-7-9-21(18)27-4/h6-13H,5H2,1-4H3,(H,23,24)/b14-10+. The van der Waals surface area contributed by atoms with Crippen LogP contribution in [-0.4, -0.2) is 18.8 Å². The molecule has 3 rings (SSSR count). The van der Waals surface area contributed by atoms with Crippen LogP contribution in [0.1, 0.15) is 25.0 Å². The molecule has 0 atom stereocenters. The number of carbonyl (C=O) groups excluding carboxylic acids is 1. The zero-order valence-corrected chi connectivity index (χ0v) is 16.8. The van der Waals surface area contributed by atoms with Crippen LogP contribution in [0.2, 0.25) is 0 Å². The lowest BCUT2D eigenvalue weighted by Gasteiger charge is -2.12. The van der Waals surface area contributed by atoms with E-state index in [0.29, 0.717) is 12.4 Å². The Morgan fingerprint density at radius 2 is 2.07 bits per heavy atom. The van der Waals surface area contributed by atoms with Gasteiger partial charge in [-0.3, -0.25) is 4.79 Å². The molecule has 1 N–H and O–H groups in total. The van der Waals surface area contributed by atoms with Gasteiger partial charge in [0, 0.05) is 28.0 Å². The summed E-state index contributed by atoms with van der Waals surface area (Å²) in [5.41, 5.74) is 4.37. The van der Waals surface area contributed by atoms with Gasteiger partial charge in [-0.15, -0.1) is 11.8 Å². The molecule has 0 saturated carbocycles. The molecule has 3 aromatic rings. The van der Waals surface area contributed by atoms with E-state index >= 15 is 0 Å². The van der Waals surface area contributed by atoms with Crippen molar-refractivity contribution in [3.05, 3.63) is 59.9 Å². The third-order valence-electron chi connectivity index (χ3n) is 4.31. The number of thioether (sulfide) groups is 1. The Morgan fingerprint density at radius 3 is 2.81 bits per heavy atom. The predicted octanol–water partition coefficient (Wildman–Crippen LogP) is 5.90. The highest BCUT2D eigenvalue weighted by Gasteiger charge is 2.13. The number of fused-ring (bicyclic) bond motifs is 1. The van der Waals surface area contributed by atoms with Crippen molar-refractivity contribution in [2.24, 2.45) is 0 Å². The molecule has 0 aliphatic carbocycles. The number of carbonyl (C=O) groups is 1. The Morgan fingerprint density at radius 1 is 1.30 bits per heavy atom. The van der Waals surface area contributed by atoms with Gasteiger partial charge >= 0.3 is 0 Å². The van der Waals surface area contributed by atoms with Gasteiger partial charge in [0.15, 0.2) is 0 Å². The molecule has 0 fully saturated rings. The number of nitrogens with one attached hydrogen (secondary N) is 1. The Bertz CT molecular complexity index is 1000. The van der Waals surface area contributed by atoms with Gasteiger partial charge in [0.05, 0.1) is 18.6 Å². The Labute approximate surface area is 163 Å². The highest BCUT2D eigenvalue weighted by Crippen LogP contribution is 2.33. The van der Waals surface area contributed by atoms with E-state index in [-0.39, 0.29) is 5.91 Å². The first kappa shape index (κ1) is 19.1. The number of amides is 1. The Hall–Kier alpha value is -2.66. The van der Waals surface area contributed by atoms with Crippen LogP contribution < -0.4 is 10.1 Å². The first-order chi connectivity index (χ1) is 13.0. The number of hydrogen-bond donors (Lipinski definition) is 1. The molecule has 0 radical (unpaired) electrons. The average Bonchev–Trinajstić information content (AvgIpc) is 3.01. The summed E-state index contributed by atoms with van der Waals surface area (Å²) in [6, 6.07) is 11.7. The lowest BCUT2D eigenvalue weighted by Crippen LogP contribution is -2.09. The van der Waals surface area contributed by atoms with Crippen molar-refractivity contribution >= 4 is 39.9 Å². The summed E-state index contributed by atoms with van der Waals surface area (Å²) in [6.45, 7) is 6.39. The third kappa shape index (κ3) is 4.19. The van der Waals surface area contributed by atoms with Crippen molar-refractivity contribution in [1.29, 1.82) is 0 Å². The van der Waals surface area contributed by atoms with Crippen LogP contribution in [0.15, 0.2) is 58.1 Å². The summed E-state index contributed by atoms with van der Waals surface area (Å²) in [5, 5.41) is 3.98. The molecule has 2 aromatic carbocycles. The van der Waals surface area contributed by atoms with Gasteiger partial charge in [0.1, 0.15) is 11.3 Å². The first-order valence-electron chi connectivity index (χ1n) is 8.80. The Balaban J connectivity index is 1.93. The minimum Gasteiger partial charge on any atom is -0.493 e. The number of aryl methyl sites for hydroxylation is 1. The fourth-order valence-electron chi connectivity index (χ4n) is 2.96. The van der Waals surface area contributed by atoms with E-state index in [1.807, 2.05) is 63.4 Å². The molecule has 0 unspecified atom stereocenters. The molecule has 4 nitrogen and oxygen atoms in total. The van der Waals surface area contributed by atoms with E-state index in [9.17, 15) is 4.79 Å². The van der Waals surface area contributed by atoms with E-state index in [0.717, 1.165) is 38.3 Å². The highest BCUT2D eigenvalue weighted by atomic mass is 32.2. The maximum atomic E-state index is 12.6. The van der Waals surface area contributed by atoms with Crippen molar-refractivity contribution in [2.45, 2.75) is 25.7 Å². The molecule has 1 amide bonds. The summed E-state index contributed by atoms with van der Waals surface area (Å²) >= 11 is 1.60. The second kappa shape index (κ2) is 8.35. The van der Waals surface area contributed by atoms with Gasteiger partial charge in [-0.05, 0) is 56.4 Å². The van der Waals surface area contributed by atoms with Crippen LogP contribution in [0.3, 0.4) is 0 Å². The smallest absolute Gasteiger partial charge is 0.248 e. The van der Waals surface area contributed by atoms with Gasteiger partial charge in [-0.1, -0.05) is 12.1 Å². The van der Waals surface area contributed by atoms with Crippen LogP contribution in [0, 0.1) is 6.92 Å². The average molecular weight is 381 g/mol. The second-order valence-corrected chi connectivity index (χ2v) is 7.06. The normalized spacial score (nSPS) is 11.6. The molecule has 5 heteroatoms. The quantitative estimate of drug-likeness (QED) is 0.426. The second-order valence-electron chi connectivity index (χ2n) is 6.21. The van der Waals surface area contributed by atoms with Gasteiger partial charge in [0.2, 0.25) is 5.91 Å². The van der Waals surface area contributed by atoms with E-state index < -0.39 is 0 Å². The largest absolute Gasteiger partial charge is 0.493 e. The first-order valence-corrected chi connectivity index (χ1v) is 10.0. The van der Waals surface area contributed by atoms with Crippen molar-refractivity contribution in [2.75, 3.05) is 18.2 Å². The third-order valence-corrected chi connectivity index (χ3v) is 5.10. The summed E-state index contributed by atoms with van der Waals surface area (Å²) in [5.74, 6) is 0.547. The monoisotopic (exact) mass is 381 g/mol. The number of allylic oxidation sites excluding steroid dienone is 1. The van der Waals surface area contributed by atoms with E-state index in [1.165, 1.54) is 0 Å². The summed E-state index contributed by atoms with van der Waals surface area (Å²) in [6.07, 6.45) is 5.33. The summed E-state index contributed by atoms with van der Waals surface area (Å²) in [7, 11) is 0. The molecule has 0 spiro atoms. The molecule has 27 heavy (non-hydrogen) atoms. The zero-order valence-electron chi connectivity index (χ0n) is 16.0.